The summed E-state index contributed by atoms with van der Waals surface area (Å²) in [6.45, 7) is 1.84. The molecule has 0 aliphatic rings. The minimum atomic E-state index is -0.691. The molecule has 154 valence electrons. The minimum absolute atomic E-state index is 0.165. The number of methoxy groups -OCH3 is 1. The molecular formula is C18H16Cl2N2O5S2. The van der Waals surface area contributed by atoms with Crippen LogP contribution in [0.2, 0.25) is 5.02 Å². The molecule has 0 bridgehead atoms. The molecule has 0 saturated heterocycles. The maximum atomic E-state index is 12.5. The summed E-state index contributed by atoms with van der Waals surface area (Å²) in [6.07, 6.45) is 1.33. The highest BCUT2D eigenvalue weighted by Gasteiger charge is 2.19. The second-order valence-electron chi connectivity index (χ2n) is 5.35. The van der Waals surface area contributed by atoms with Gasteiger partial charge in [0.2, 0.25) is 0 Å². The van der Waals surface area contributed by atoms with Gasteiger partial charge >= 0.3 is 18.0 Å². The molecule has 11 heteroatoms. The summed E-state index contributed by atoms with van der Waals surface area (Å²) in [5.41, 5.74) is 1.27. The number of carbonyl (C=O) groups excluding carboxylic acids is 3. The molecule has 0 spiro atoms. The van der Waals surface area contributed by atoms with Gasteiger partial charge in [0.05, 0.1) is 30.7 Å². The van der Waals surface area contributed by atoms with Crippen LogP contribution in [0.3, 0.4) is 0 Å². The number of nitrogens with zero attached hydrogens (tertiary/aromatic N) is 1. The zero-order valence-electron chi connectivity index (χ0n) is 15.3. The Morgan fingerprint density at radius 3 is 2.69 bits per heavy atom. The number of nitrogens with one attached hydrogen (secondary N) is 1. The van der Waals surface area contributed by atoms with E-state index in [4.69, 9.17) is 27.9 Å². The van der Waals surface area contributed by atoms with Gasteiger partial charge in [-0.25, -0.2) is 18.7 Å². The zero-order chi connectivity index (χ0) is 21.6. The van der Waals surface area contributed by atoms with E-state index in [1.165, 1.54) is 36.7 Å². The van der Waals surface area contributed by atoms with Crippen molar-refractivity contribution in [2.45, 2.75) is 6.92 Å². The quantitative estimate of drug-likeness (QED) is 0.340. The van der Waals surface area contributed by atoms with E-state index in [1.807, 2.05) is 0 Å². The van der Waals surface area contributed by atoms with E-state index in [0.717, 1.165) is 4.31 Å². The topological polar surface area (TPSA) is 84.9 Å². The van der Waals surface area contributed by atoms with Crippen molar-refractivity contribution >= 4 is 82.8 Å². The largest absolute Gasteiger partial charge is 0.465 e. The summed E-state index contributed by atoms with van der Waals surface area (Å²) in [4.78, 5) is 35.9. The molecule has 1 N–H and O–H groups in total. The molecule has 2 rings (SSSR count). The van der Waals surface area contributed by atoms with Gasteiger partial charge in [-0.3, -0.25) is 0 Å². The van der Waals surface area contributed by atoms with Gasteiger partial charge in [-0.15, -0.1) is 11.3 Å². The highest BCUT2D eigenvalue weighted by Crippen LogP contribution is 2.28. The molecule has 1 heterocycles. The maximum Gasteiger partial charge on any atom is 0.349 e. The first-order valence-corrected chi connectivity index (χ1v) is 10.2. The van der Waals surface area contributed by atoms with Crippen LogP contribution in [0.15, 0.2) is 34.0 Å². The number of amides is 2. The smallest absolute Gasteiger partial charge is 0.349 e. The van der Waals surface area contributed by atoms with Gasteiger partial charge in [0.15, 0.2) is 0 Å². The Morgan fingerprint density at radius 2 is 2.03 bits per heavy atom. The van der Waals surface area contributed by atoms with Crippen molar-refractivity contribution in [1.29, 1.82) is 0 Å². The predicted molar refractivity (Wildman–Crippen MR) is 118 cm³/mol. The molecule has 0 fully saturated rings. The van der Waals surface area contributed by atoms with Crippen LogP contribution in [0, 0.1) is 0 Å². The summed E-state index contributed by atoms with van der Waals surface area (Å²) < 4.78 is 10.5. The van der Waals surface area contributed by atoms with Crippen LogP contribution in [0.25, 0.3) is 6.08 Å². The Labute approximate surface area is 186 Å². The summed E-state index contributed by atoms with van der Waals surface area (Å²) in [6, 6.07) is 3.98. The van der Waals surface area contributed by atoms with Crippen molar-refractivity contribution in [3.8, 4) is 0 Å². The minimum Gasteiger partial charge on any atom is -0.465 e. The molecule has 29 heavy (non-hydrogen) atoms. The van der Waals surface area contributed by atoms with E-state index in [1.54, 1.807) is 23.8 Å². The Hall–Kier alpha value is -2.20. The molecule has 0 unspecified atom stereocenters. The van der Waals surface area contributed by atoms with Crippen LogP contribution in [-0.4, -0.2) is 31.7 Å². The lowest BCUT2D eigenvalue weighted by molar-refractivity contribution is -0.137. The van der Waals surface area contributed by atoms with Gasteiger partial charge in [-0.05, 0) is 36.8 Å². The number of urea groups is 1. The number of rotatable bonds is 6. The summed E-state index contributed by atoms with van der Waals surface area (Å²) >= 11 is 17.5. The number of ether oxygens (including phenoxy) is 2. The van der Waals surface area contributed by atoms with Gasteiger partial charge in [-0.1, -0.05) is 36.0 Å². The normalized spacial score (nSPS) is 11.0. The van der Waals surface area contributed by atoms with Crippen LogP contribution < -0.4 is 9.62 Å². The number of hydrogen-bond acceptors (Lipinski definition) is 7. The molecule has 2 amide bonds. The third-order valence-electron chi connectivity index (χ3n) is 3.48. The molecule has 7 nitrogen and oxygen atoms in total. The molecule has 1 aromatic heterocycles. The van der Waals surface area contributed by atoms with Crippen LogP contribution in [0.5, 0.6) is 0 Å². The fourth-order valence-corrected chi connectivity index (χ4v) is 3.38. The number of anilines is 2. The number of carbonyl (C=O) groups is 3. The average molecular weight is 475 g/mol. The Kier molecular flexibility index (Phi) is 8.39. The fourth-order valence-electron chi connectivity index (χ4n) is 2.12. The standard InChI is InChI=1S/C18H16Cl2N2O5S2/c1-3-27-17(24)14(20)7-10-6-11(4-5-13(10)19)22(28)18(25)21-15-9-29-8-12(15)16(23)26-2/h4-9,28H,3H2,1-2H3,(H,21,25). The Balaban J connectivity index is 2.23. The second kappa shape index (κ2) is 10.5. The highest BCUT2D eigenvalue weighted by atomic mass is 35.5. The van der Waals surface area contributed by atoms with Crippen molar-refractivity contribution in [1.82, 2.24) is 0 Å². The van der Waals surface area contributed by atoms with E-state index < -0.39 is 18.0 Å². The fraction of sp³-hybridized carbons (Fsp3) is 0.167. The maximum absolute atomic E-state index is 12.5. The first-order chi connectivity index (χ1) is 13.8. The van der Waals surface area contributed by atoms with Gasteiger partial charge in [0, 0.05) is 15.8 Å². The summed E-state index contributed by atoms with van der Waals surface area (Å²) in [5, 5.41) is 5.89. The second-order valence-corrected chi connectivity index (χ2v) is 7.31. The van der Waals surface area contributed by atoms with E-state index in [0.29, 0.717) is 22.0 Å². The monoisotopic (exact) mass is 474 g/mol. The van der Waals surface area contributed by atoms with E-state index in [9.17, 15) is 14.4 Å². The van der Waals surface area contributed by atoms with Gasteiger partial charge < -0.3 is 14.8 Å². The molecular weight excluding hydrogens is 459 g/mol. The molecule has 2 aromatic rings. The molecule has 0 aliphatic carbocycles. The Morgan fingerprint density at radius 1 is 1.31 bits per heavy atom. The van der Waals surface area contributed by atoms with Crippen LogP contribution in [-0.2, 0) is 14.3 Å². The number of esters is 2. The van der Waals surface area contributed by atoms with Crippen molar-refractivity contribution < 1.29 is 23.9 Å². The predicted octanol–water partition coefficient (Wildman–Crippen LogP) is 5.21. The number of thiophene rings is 1. The highest BCUT2D eigenvalue weighted by molar-refractivity contribution is 7.82. The average Bonchev–Trinajstić information content (AvgIpc) is 3.16. The lowest BCUT2D eigenvalue weighted by Crippen LogP contribution is -2.27. The van der Waals surface area contributed by atoms with Crippen LogP contribution in [0.4, 0.5) is 16.2 Å². The number of benzene rings is 1. The van der Waals surface area contributed by atoms with E-state index in [2.05, 4.69) is 22.9 Å². The third kappa shape index (κ3) is 5.89. The lowest BCUT2D eigenvalue weighted by Gasteiger charge is -2.17. The van der Waals surface area contributed by atoms with E-state index >= 15 is 0 Å². The van der Waals surface area contributed by atoms with Crippen LogP contribution in [0.1, 0.15) is 22.8 Å². The van der Waals surface area contributed by atoms with E-state index in [-0.39, 0.29) is 17.2 Å². The van der Waals surface area contributed by atoms with Crippen molar-refractivity contribution in [2.75, 3.05) is 23.3 Å². The molecule has 0 radical (unpaired) electrons. The number of thiol groups is 1. The van der Waals surface area contributed by atoms with Crippen LogP contribution >= 0.6 is 47.4 Å². The molecule has 0 saturated carbocycles. The molecule has 0 atom stereocenters. The first-order valence-electron chi connectivity index (χ1n) is 8.06. The van der Waals surface area contributed by atoms with Gasteiger partial charge in [0.25, 0.3) is 0 Å². The van der Waals surface area contributed by atoms with Crippen molar-refractivity contribution in [3.05, 3.63) is 50.1 Å². The SMILES string of the molecule is CCOC(=O)C(Cl)=Cc1cc(N(S)C(=O)Nc2cscc2C(=O)OC)ccc1Cl. The lowest BCUT2D eigenvalue weighted by atomic mass is 10.2. The van der Waals surface area contributed by atoms with Crippen molar-refractivity contribution in [2.24, 2.45) is 0 Å². The first kappa shape index (κ1) is 23.1. The van der Waals surface area contributed by atoms with Gasteiger partial charge in [-0.2, -0.15) is 0 Å². The van der Waals surface area contributed by atoms with Crippen molar-refractivity contribution in [3.63, 3.8) is 0 Å². The summed E-state index contributed by atoms with van der Waals surface area (Å²) in [5.74, 6) is -1.26. The zero-order valence-corrected chi connectivity index (χ0v) is 18.5. The third-order valence-corrected chi connectivity index (χ3v) is 5.24. The molecule has 0 aliphatic heterocycles. The Bertz CT molecular complexity index is 961. The van der Waals surface area contributed by atoms with Gasteiger partial charge in [0.1, 0.15) is 5.03 Å². The molecule has 1 aromatic carbocycles. The summed E-state index contributed by atoms with van der Waals surface area (Å²) in [7, 11) is 1.25. The number of halogens is 2. The number of hydrogen-bond donors (Lipinski definition) is 2.